The first-order valence-electron chi connectivity index (χ1n) is 7.22. The van der Waals surface area contributed by atoms with Crippen molar-refractivity contribution in [3.05, 3.63) is 28.3 Å². The number of carbonyl (C=O) groups excluding carboxylic acids is 1. The number of esters is 1. The molecule has 22 heavy (non-hydrogen) atoms. The van der Waals surface area contributed by atoms with E-state index in [0.717, 1.165) is 5.56 Å². The first-order valence-corrected chi connectivity index (χ1v) is 9.41. The van der Waals surface area contributed by atoms with Gasteiger partial charge in [0.1, 0.15) is 6.61 Å². The summed E-state index contributed by atoms with van der Waals surface area (Å²) in [6, 6.07) is 1.61. The van der Waals surface area contributed by atoms with Crippen LogP contribution >= 0.6 is 11.6 Å². The standard InChI is InChI=1S/C16H21ClO4S/c1-10-9-12(15(18)21-7-6-17)11(2)13-14(10)22(19,20)8-5-16(13,3)4/h9H,5-8H2,1-4H3. The molecule has 1 aliphatic heterocycles. The van der Waals surface area contributed by atoms with E-state index in [2.05, 4.69) is 0 Å². The number of ether oxygens (including phenoxy) is 1. The molecule has 0 spiro atoms. The molecule has 0 atom stereocenters. The lowest BCUT2D eigenvalue weighted by Crippen LogP contribution is -2.33. The van der Waals surface area contributed by atoms with Crippen molar-refractivity contribution in [2.24, 2.45) is 0 Å². The van der Waals surface area contributed by atoms with Crippen molar-refractivity contribution in [1.82, 2.24) is 0 Å². The van der Waals surface area contributed by atoms with E-state index in [1.165, 1.54) is 0 Å². The van der Waals surface area contributed by atoms with Gasteiger partial charge in [0.2, 0.25) is 0 Å². The van der Waals surface area contributed by atoms with E-state index < -0.39 is 15.8 Å². The fraction of sp³-hybridized carbons (Fsp3) is 0.562. The van der Waals surface area contributed by atoms with Gasteiger partial charge in [-0.15, -0.1) is 11.6 Å². The number of hydrogen-bond acceptors (Lipinski definition) is 4. The molecule has 1 aromatic rings. The number of aryl methyl sites for hydroxylation is 1. The van der Waals surface area contributed by atoms with Gasteiger partial charge in [-0.1, -0.05) is 13.8 Å². The Morgan fingerprint density at radius 3 is 2.59 bits per heavy atom. The number of hydrogen-bond donors (Lipinski definition) is 0. The minimum absolute atomic E-state index is 0.137. The minimum atomic E-state index is -3.30. The predicted molar refractivity (Wildman–Crippen MR) is 86.6 cm³/mol. The van der Waals surface area contributed by atoms with Crippen molar-refractivity contribution in [1.29, 1.82) is 0 Å². The van der Waals surface area contributed by atoms with Gasteiger partial charge in [-0.2, -0.15) is 0 Å². The van der Waals surface area contributed by atoms with Crippen molar-refractivity contribution in [2.45, 2.75) is 44.4 Å². The summed E-state index contributed by atoms with van der Waals surface area (Å²) in [5, 5.41) is 0. The maximum Gasteiger partial charge on any atom is 0.338 e. The maximum absolute atomic E-state index is 12.5. The third-order valence-electron chi connectivity index (χ3n) is 4.24. The van der Waals surface area contributed by atoms with E-state index in [9.17, 15) is 13.2 Å². The van der Waals surface area contributed by atoms with Crippen molar-refractivity contribution in [3.63, 3.8) is 0 Å². The van der Waals surface area contributed by atoms with Crippen molar-refractivity contribution in [3.8, 4) is 0 Å². The molecule has 1 heterocycles. The highest BCUT2D eigenvalue weighted by atomic mass is 35.5. The largest absolute Gasteiger partial charge is 0.461 e. The summed E-state index contributed by atoms with van der Waals surface area (Å²) in [6.07, 6.45) is 0.544. The maximum atomic E-state index is 12.5. The Kier molecular flexibility index (Phi) is 4.60. The fourth-order valence-electron chi connectivity index (χ4n) is 3.15. The van der Waals surface area contributed by atoms with E-state index in [1.54, 1.807) is 19.9 Å². The summed E-state index contributed by atoms with van der Waals surface area (Å²) in [4.78, 5) is 12.6. The molecule has 0 saturated carbocycles. The topological polar surface area (TPSA) is 60.4 Å². The number of benzene rings is 1. The second kappa shape index (κ2) is 5.85. The number of rotatable bonds is 3. The Hall–Kier alpha value is -1.07. The normalized spacial score (nSPS) is 18.6. The molecule has 0 aromatic heterocycles. The van der Waals surface area contributed by atoms with Crippen LogP contribution in [0.3, 0.4) is 0 Å². The molecule has 6 heteroatoms. The lowest BCUT2D eigenvalue weighted by Gasteiger charge is -2.35. The molecular formula is C16H21ClO4S. The molecule has 0 unspecified atom stereocenters. The smallest absolute Gasteiger partial charge is 0.338 e. The zero-order valence-corrected chi connectivity index (χ0v) is 14.9. The SMILES string of the molecule is Cc1cc(C(=O)OCCCl)c(C)c2c1S(=O)(=O)CCC2(C)C. The highest BCUT2D eigenvalue weighted by molar-refractivity contribution is 7.91. The van der Waals surface area contributed by atoms with Crippen LogP contribution in [0.15, 0.2) is 11.0 Å². The molecule has 1 aliphatic rings. The van der Waals surface area contributed by atoms with Crippen LogP contribution in [0.5, 0.6) is 0 Å². The number of fused-ring (bicyclic) bond motifs is 1. The quantitative estimate of drug-likeness (QED) is 0.624. The molecule has 0 N–H and O–H groups in total. The average molecular weight is 345 g/mol. The number of sulfone groups is 1. The number of alkyl halides is 1. The van der Waals surface area contributed by atoms with E-state index >= 15 is 0 Å². The summed E-state index contributed by atoms with van der Waals surface area (Å²) < 4.78 is 30.0. The third-order valence-corrected chi connectivity index (χ3v) is 6.28. The Morgan fingerprint density at radius 1 is 1.36 bits per heavy atom. The lowest BCUT2D eigenvalue weighted by molar-refractivity contribution is 0.0527. The Morgan fingerprint density at radius 2 is 2.00 bits per heavy atom. The van der Waals surface area contributed by atoms with Crippen LogP contribution in [0.4, 0.5) is 0 Å². The van der Waals surface area contributed by atoms with E-state index in [-0.39, 0.29) is 23.7 Å². The van der Waals surface area contributed by atoms with Gasteiger partial charge < -0.3 is 4.74 Å². The van der Waals surface area contributed by atoms with Gasteiger partial charge in [0.05, 0.1) is 22.1 Å². The number of halogens is 1. The second-order valence-electron chi connectivity index (χ2n) is 6.35. The molecule has 0 amide bonds. The molecule has 1 aromatic carbocycles. The van der Waals surface area contributed by atoms with Gasteiger partial charge in [-0.25, -0.2) is 13.2 Å². The highest BCUT2D eigenvalue weighted by Crippen LogP contribution is 2.42. The molecule has 0 aliphatic carbocycles. The van der Waals surface area contributed by atoms with Crippen LogP contribution < -0.4 is 0 Å². The van der Waals surface area contributed by atoms with Crippen molar-refractivity contribution < 1.29 is 17.9 Å². The zero-order chi connectivity index (χ0) is 16.7. The van der Waals surface area contributed by atoms with Gasteiger partial charge in [-0.05, 0) is 48.4 Å². The van der Waals surface area contributed by atoms with Gasteiger partial charge in [0.25, 0.3) is 0 Å². The molecular weight excluding hydrogens is 324 g/mol. The fourth-order valence-corrected chi connectivity index (χ4v) is 5.50. The molecule has 2 rings (SSSR count). The molecule has 0 bridgehead atoms. The first-order chi connectivity index (χ1) is 10.1. The Labute approximate surface area is 136 Å². The van der Waals surface area contributed by atoms with E-state index in [0.29, 0.717) is 28.0 Å². The summed E-state index contributed by atoms with van der Waals surface area (Å²) in [5.74, 6) is -0.0828. The summed E-state index contributed by atoms with van der Waals surface area (Å²) in [6.45, 7) is 7.69. The minimum Gasteiger partial charge on any atom is -0.461 e. The van der Waals surface area contributed by atoms with Gasteiger partial charge in [-0.3, -0.25) is 0 Å². The van der Waals surface area contributed by atoms with Crippen LogP contribution in [0, 0.1) is 13.8 Å². The Balaban J connectivity index is 2.70. The molecule has 0 radical (unpaired) electrons. The summed E-state index contributed by atoms with van der Waals surface area (Å²) >= 11 is 5.55. The highest BCUT2D eigenvalue weighted by Gasteiger charge is 2.39. The summed E-state index contributed by atoms with van der Waals surface area (Å²) in [7, 11) is -3.30. The van der Waals surface area contributed by atoms with Gasteiger partial charge in [0.15, 0.2) is 9.84 Å². The third kappa shape index (κ3) is 2.88. The van der Waals surface area contributed by atoms with Gasteiger partial charge in [0, 0.05) is 0 Å². The number of carbonyl (C=O) groups is 1. The predicted octanol–water partition coefficient (Wildman–Crippen LogP) is 3.15. The average Bonchev–Trinajstić information content (AvgIpc) is 2.43. The van der Waals surface area contributed by atoms with Crippen LogP contribution in [-0.4, -0.2) is 32.6 Å². The molecule has 122 valence electrons. The van der Waals surface area contributed by atoms with Crippen LogP contribution in [0.1, 0.15) is 47.3 Å². The van der Waals surface area contributed by atoms with Crippen LogP contribution in [0.25, 0.3) is 0 Å². The zero-order valence-electron chi connectivity index (χ0n) is 13.3. The first kappa shape index (κ1) is 17.3. The summed E-state index contributed by atoms with van der Waals surface area (Å²) in [5.41, 5.74) is 2.17. The van der Waals surface area contributed by atoms with E-state index in [4.69, 9.17) is 16.3 Å². The van der Waals surface area contributed by atoms with E-state index in [1.807, 2.05) is 13.8 Å². The molecule has 0 fully saturated rings. The van der Waals surface area contributed by atoms with Crippen molar-refractivity contribution >= 4 is 27.4 Å². The lowest BCUT2D eigenvalue weighted by atomic mass is 9.77. The Bertz CT molecular complexity index is 720. The van der Waals surface area contributed by atoms with Crippen LogP contribution in [-0.2, 0) is 20.0 Å². The monoisotopic (exact) mass is 344 g/mol. The van der Waals surface area contributed by atoms with Crippen molar-refractivity contribution in [2.75, 3.05) is 18.2 Å². The van der Waals surface area contributed by atoms with Gasteiger partial charge >= 0.3 is 5.97 Å². The molecule has 0 saturated heterocycles. The van der Waals surface area contributed by atoms with Crippen LogP contribution in [0.2, 0.25) is 0 Å². The second-order valence-corrected chi connectivity index (χ2v) is 8.77. The molecule has 4 nitrogen and oxygen atoms in total.